The van der Waals surface area contributed by atoms with Crippen molar-refractivity contribution in [3.05, 3.63) is 5.56 Å². The Morgan fingerprint density at radius 2 is 2.31 bits per heavy atom. The van der Waals surface area contributed by atoms with Crippen molar-refractivity contribution in [1.82, 2.24) is 4.37 Å². The third kappa shape index (κ3) is 2.86. The summed E-state index contributed by atoms with van der Waals surface area (Å²) in [5.74, 6) is 1.35. The minimum Gasteiger partial charge on any atom is -0.383 e. The molecule has 4 nitrogen and oxygen atoms in total. The lowest BCUT2D eigenvalue weighted by atomic mass is 10.2. The molecule has 0 spiro atoms. The monoisotopic (exact) mass is 241 g/mol. The SMILES string of the molecule is CC(C)OCCNc1snc(N)c1C1CC1. The van der Waals surface area contributed by atoms with E-state index in [1.807, 2.05) is 13.8 Å². The van der Waals surface area contributed by atoms with Gasteiger partial charge in [-0.3, -0.25) is 0 Å². The summed E-state index contributed by atoms with van der Waals surface area (Å²) in [7, 11) is 0. The first-order valence-electron chi connectivity index (χ1n) is 5.79. The van der Waals surface area contributed by atoms with Crippen molar-refractivity contribution in [3.63, 3.8) is 0 Å². The van der Waals surface area contributed by atoms with E-state index in [9.17, 15) is 0 Å². The Kier molecular flexibility index (Phi) is 3.66. The van der Waals surface area contributed by atoms with Crippen molar-refractivity contribution < 1.29 is 4.74 Å². The zero-order valence-corrected chi connectivity index (χ0v) is 10.6. The molecule has 1 aromatic rings. The van der Waals surface area contributed by atoms with Crippen molar-refractivity contribution >= 4 is 22.4 Å². The van der Waals surface area contributed by atoms with Gasteiger partial charge >= 0.3 is 0 Å². The number of ether oxygens (including phenoxy) is 1. The number of aromatic nitrogens is 1. The molecule has 3 N–H and O–H groups in total. The minimum absolute atomic E-state index is 0.288. The molecular weight excluding hydrogens is 222 g/mol. The average molecular weight is 241 g/mol. The van der Waals surface area contributed by atoms with Crippen LogP contribution in [0.4, 0.5) is 10.8 Å². The number of nitrogens with zero attached hydrogens (tertiary/aromatic N) is 1. The number of hydrogen-bond acceptors (Lipinski definition) is 5. The van der Waals surface area contributed by atoms with E-state index in [1.54, 1.807) is 0 Å². The normalized spacial score (nSPS) is 15.7. The summed E-state index contributed by atoms with van der Waals surface area (Å²) in [4.78, 5) is 0. The summed E-state index contributed by atoms with van der Waals surface area (Å²) in [5, 5.41) is 4.49. The number of anilines is 2. The Morgan fingerprint density at radius 3 is 2.94 bits per heavy atom. The Hall–Kier alpha value is -0.810. The lowest BCUT2D eigenvalue weighted by Gasteiger charge is -2.09. The van der Waals surface area contributed by atoms with Gasteiger partial charge in [-0.05, 0) is 44.1 Å². The van der Waals surface area contributed by atoms with Crippen LogP contribution < -0.4 is 11.1 Å². The molecule has 0 amide bonds. The van der Waals surface area contributed by atoms with Gasteiger partial charge in [0.25, 0.3) is 0 Å². The van der Waals surface area contributed by atoms with Gasteiger partial charge < -0.3 is 15.8 Å². The molecule has 0 unspecified atom stereocenters. The highest BCUT2D eigenvalue weighted by Crippen LogP contribution is 2.47. The fraction of sp³-hybridized carbons (Fsp3) is 0.727. The Labute approximate surface area is 100 Å². The van der Waals surface area contributed by atoms with Gasteiger partial charge in [0, 0.05) is 12.1 Å². The van der Waals surface area contributed by atoms with E-state index in [2.05, 4.69) is 9.69 Å². The van der Waals surface area contributed by atoms with Crippen LogP contribution in [-0.2, 0) is 4.74 Å². The Bertz CT molecular complexity index is 347. The number of rotatable bonds is 6. The van der Waals surface area contributed by atoms with Gasteiger partial charge in [-0.1, -0.05) is 0 Å². The van der Waals surface area contributed by atoms with E-state index in [0.717, 1.165) is 18.2 Å². The molecule has 1 aromatic heterocycles. The summed E-state index contributed by atoms with van der Waals surface area (Å²) in [6.07, 6.45) is 2.79. The molecule has 0 bridgehead atoms. The van der Waals surface area contributed by atoms with E-state index in [1.165, 1.54) is 29.9 Å². The molecule has 0 aromatic carbocycles. The summed E-state index contributed by atoms with van der Waals surface area (Å²) < 4.78 is 9.68. The molecule has 16 heavy (non-hydrogen) atoms. The van der Waals surface area contributed by atoms with Crippen LogP contribution in [0, 0.1) is 0 Å². The van der Waals surface area contributed by atoms with Crippen molar-refractivity contribution in [3.8, 4) is 0 Å². The zero-order chi connectivity index (χ0) is 11.5. The highest BCUT2D eigenvalue weighted by molar-refractivity contribution is 7.10. The highest BCUT2D eigenvalue weighted by Gasteiger charge is 2.30. The van der Waals surface area contributed by atoms with E-state index in [0.29, 0.717) is 11.7 Å². The molecular formula is C11H19N3OS. The Morgan fingerprint density at radius 1 is 1.56 bits per heavy atom. The first-order valence-corrected chi connectivity index (χ1v) is 6.56. The maximum atomic E-state index is 5.86. The second kappa shape index (κ2) is 5.01. The third-order valence-electron chi connectivity index (χ3n) is 2.58. The third-order valence-corrected chi connectivity index (χ3v) is 3.42. The lowest BCUT2D eigenvalue weighted by Crippen LogP contribution is -2.13. The van der Waals surface area contributed by atoms with Gasteiger partial charge in [0.15, 0.2) is 0 Å². The highest BCUT2D eigenvalue weighted by atomic mass is 32.1. The van der Waals surface area contributed by atoms with Crippen LogP contribution in [-0.4, -0.2) is 23.6 Å². The van der Waals surface area contributed by atoms with Gasteiger partial charge in [-0.2, -0.15) is 4.37 Å². The maximum Gasteiger partial charge on any atom is 0.142 e. The summed E-state index contributed by atoms with van der Waals surface area (Å²) >= 11 is 1.46. The van der Waals surface area contributed by atoms with Crippen molar-refractivity contribution in [2.75, 3.05) is 24.2 Å². The first kappa shape index (κ1) is 11.7. The standard InChI is InChI=1S/C11H19N3OS/c1-7(2)15-6-5-13-11-9(8-3-4-8)10(12)14-16-11/h7-8,13H,3-6H2,1-2H3,(H2,12,14). The molecule has 1 heterocycles. The fourth-order valence-electron chi connectivity index (χ4n) is 1.66. The summed E-state index contributed by atoms with van der Waals surface area (Å²) in [5.41, 5.74) is 7.09. The summed E-state index contributed by atoms with van der Waals surface area (Å²) in [6, 6.07) is 0. The van der Waals surface area contributed by atoms with E-state index >= 15 is 0 Å². The fourth-order valence-corrected chi connectivity index (χ4v) is 2.49. The molecule has 0 radical (unpaired) electrons. The van der Waals surface area contributed by atoms with E-state index in [4.69, 9.17) is 10.5 Å². The van der Waals surface area contributed by atoms with Crippen LogP contribution >= 0.6 is 11.5 Å². The second-order valence-electron chi connectivity index (χ2n) is 4.43. The molecule has 0 aliphatic heterocycles. The molecule has 0 atom stereocenters. The van der Waals surface area contributed by atoms with Crippen LogP contribution in [0.1, 0.15) is 38.2 Å². The van der Waals surface area contributed by atoms with Gasteiger partial charge in [0.05, 0.1) is 12.7 Å². The first-order chi connectivity index (χ1) is 7.68. The van der Waals surface area contributed by atoms with Crippen LogP contribution in [0.15, 0.2) is 0 Å². The zero-order valence-electron chi connectivity index (χ0n) is 9.82. The molecule has 1 saturated carbocycles. The van der Waals surface area contributed by atoms with Gasteiger partial charge in [0.1, 0.15) is 10.8 Å². The minimum atomic E-state index is 0.288. The van der Waals surface area contributed by atoms with Crippen LogP contribution in [0.25, 0.3) is 0 Å². The largest absolute Gasteiger partial charge is 0.383 e. The predicted octanol–water partition coefficient (Wildman–Crippen LogP) is 2.44. The van der Waals surface area contributed by atoms with E-state index < -0.39 is 0 Å². The summed E-state index contributed by atoms with van der Waals surface area (Å²) in [6.45, 7) is 5.62. The second-order valence-corrected chi connectivity index (χ2v) is 5.20. The van der Waals surface area contributed by atoms with Crippen LogP contribution in [0.3, 0.4) is 0 Å². The molecule has 1 aliphatic carbocycles. The van der Waals surface area contributed by atoms with Gasteiger partial charge in [-0.15, -0.1) is 0 Å². The molecule has 1 aliphatic rings. The van der Waals surface area contributed by atoms with Crippen LogP contribution in [0.2, 0.25) is 0 Å². The Balaban J connectivity index is 1.84. The van der Waals surface area contributed by atoms with Crippen molar-refractivity contribution in [2.45, 2.75) is 38.7 Å². The quantitative estimate of drug-likeness (QED) is 0.751. The predicted molar refractivity (Wildman–Crippen MR) is 68.1 cm³/mol. The molecule has 90 valence electrons. The molecule has 0 saturated heterocycles. The molecule has 1 fully saturated rings. The maximum absolute atomic E-state index is 5.86. The molecule has 2 rings (SSSR count). The topological polar surface area (TPSA) is 60.2 Å². The number of nitrogens with two attached hydrogens (primary N) is 1. The average Bonchev–Trinajstić information content (AvgIpc) is 2.99. The number of nitrogen functional groups attached to an aromatic ring is 1. The number of hydrogen-bond donors (Lipinski definition) is 2. The lowest BCUT2D eigenvalue weighted by molar-refractivity contribution is 0.0871. The molecule has 5 heteroatoms. The van der Waals surface area contributed by atoms with Crippen LogP contribution in [0.5, 0.6) is 0 Å². The van der Waals surface area contributed by atoms with Gasteiger partial charge in [-0.25, -0.2) is 0 Å². The number of nitrogens with one attached hydrogen (secondary N) is 1. The van der Waals surface area contributed by atoms with Gasteiger partial charge in [0.2, 0.25) is 0 Å². The smallest absolute Gasteiger partial charge is 0.142 e. The van der Waals surface area contributed by atoms with E-state index in [-0.39, 0.29) is 6.10 Å². The van der Waals surface area contributed by atoms with Crippen molar-refractivity contribution in [2.24, 2.45) is 0 Å². The van der Waals surface area contributed by atoms with Crippen molar-refractivity contribution in [1.29, 1.82) is 0 Å².